The second kappa shape index (κ2) is 6.65. The van der Waals surface area contributed by atoms with Crippen molar-refractivity contribution in [2.45, 2.75) is 44.7 Å². The first kappa shape index (κ1) is 14.7. The monoisotopic (exact) mass is 281 g/mol. The summed E-state index contributed by atoms with van der Waals surface area (Å²) in [4.78, 5) is 9.96. The molecule has 1 aromatic rings. The van der Waals surface area contributed by atoms with Crippen LogP contribution in [0, 0.1) is 15.9 Å². The van der Waals surface area contributed by atoms with Crippen LogP contribution in [-0.2, 0) is 0 Å². The molecule has 6 heteroatoms. The van der Waals surface area contributed by atoms with Gasteiger partial charge in [-0.2, -0.15) is 0 Å². The van der Waals surface area contributed by atoms with Crippen LogP contribution in [0.5, 0.6) is 0 Å². The molecule has 110 valence electrons. The molecule has 1 aliphatic heterocycles. The number of piperidine rings is 1. The molecule has 1 fully saturated rings. The lowest BCUT2D eigenvalue weighted by molar-refractivity contribution is -0.385. The Morgan fingerprint density at radius 1 is 1.55 bits per heavy atom. The number of nitrogens with one attached hydrogen (secondary N) is 2. The van der Waals surface area contributed by atoms with Crippen molar-refractivity contribution in [1.29, 1.82) is 0 Å². The van der Waals surface area contributed by atoms with Gasteiger partial charge in [0.05, 0.1) is 16.7 Å². The minimum absolute atomic E-state index is 0.113. The lowest BCUT2D eigenvalue weighted by Gasteiger charge is -2.27. The summed E-state index contributed by atoms with van der Waals surface area (Å²) in [7, 11) is 0. The normalized spacial score (nSPS) is 20.4. The van der Waals surface area contributed by atoms with Gasteiger partial charge in [0.2, 0.25) is 0 Å². The van der Waals surface area contributed by atoms with Gasteiger partial charge in [-0.3, -0.25) is 10.1 Å². The highest BCUT2D eigenvalue weighted by Crippen LogP contribution is 2.22. The topological polar surface area (TPSA) is 67.2 Å². The Hall–Kier alpha value is -1.69. The number of anilines is 1. The van der Waals surface area contributed by atoms with Crippen molar-refractivity contribution in [2.24, 2.45) is 0 Å². The maximum absolute atomic E-state index is 13.8. The van der Waals surface area contributed by atoms with E-state index in [2.05, 4.69) is 10.6 Å². The average Bonchev–Trinajstić information content (AvgIpc) is 2.42. The Morgan fingerprint density at radius 3 is 2.95 bits per heavy atom. The molecular weight excluding hydrogens is 261 g/mol. The molecule has 0 spiro atoms. The van der Waals surface area contributed by atoms with Crippen molar-refractivity contribution in [3.8, 4) is 0 Å². The molecule has 0 aromatic heterocycles. The van der Waals surface area contributed by atoms with E-state index in [0.717, 1.165) is 25.5 Å². The fraction of sp³-hybridized carbons (Fsp3) is 0.571. The SMILES string of the molecule is CC(CC1CCCCN1)Nc1ccc([N+](=O)[O-])cc1F. The van der Waals surface area contributed by atoms with Crippen LogP contribution >= 0.6 is 0 Å². The van der Waals surface area contributed by atoms with Crippen LogP contribution in [0.2, 0.25) is 0 Å². The zero-order chi connectivity index (χ0) is 14.5. The zero-order valence-electron chi connectivity index (χ0n) is 11.6. The number of hydrogen-bond acceptors (Lipinski definition) is 4. The molecule has 2 N–H and O–H groups in total. The number of benzene rings is 1. The van der Waals surface area contributed by atoms with E-state index in [1.807, 2.05) is 6.92 Å². The minimum Gasteiger partial charge on any atom is -0.380 e. The van der Waals surface area contributed by atoms with Crippen LogP contribution in [0.3, 0.4) is 0 Å². The van der Waals surface area contributed by atoms with Gasteiger partial charge in [0.25, 0.3) is 5.69 Å². The molecular formula is C14H20FN3O2. The first-order valence-corrected chi connectivity index (χ1v) is 7.00. The van der Waals surface area contributed by atoms with Crippen molar-refractivity contribution in [2.75, 3.05) is 11.9 Å². The van der Waals surface area contributed by atoms with Crippen LogP contribution in [0.1, 0.15) is 32.6 Å². The first-order valence-electron chi connectivity index (χ1n) is 7.00. The molecule has 0 saturated carbocycles. The molecule has 0 radical (unpaired) electrons. The fourth-order valence-corrected chi connectivity index (χ4v) is 2.61. The summed E-state index contributed by atoms with van der Waals surface area (Å²) >= 11 is 0. The largest absolute Gasteiger partial charge is 0.380 e. The summed E-state index contributed by atoms with van der Waals surface area (Å²) in [5, 5.41) is 17.1. The summed E-state index contributed by atoms with van der Waals surface area (Å²) in [6, 6.07) is 4.28. The van der Waals surface area contributed by atoms with E-state index in [-0.39, 0.29) is 11.7 Å². The first-order chi connectivity index (χ1) is 9.56. The summed E-state index contributed by atoms with van der Waals surface area (Å²) in [6.07, 6.45) is 4.51. The van der Waals surface area contributed by atoms with E-state index < -0.39 is 10.7 Å². The van der Waals surface area contributed by atoms with Gasteiger partial charge in [-0.25, -0.2) is 4.39 Å². The van der Waals surface area contributed by atoms with Gasteiger partial charge in [-0.1, -0.05) is 6.42 Å². The van der Waals surface area contributed by atoms with Gasteiger partial charge in [0.1, 0.15) is 0 Å². The molecule has 1 aliphatic rings. The smallest absolute Gasteiger partial charge is 0.272 e. The summed E-state index contributed by atoms with van der Waals surface area (Å²) in [5.74, 6) is -0.581. The van der Waals surface area contributed by atoms with E-state index in [0.29, 0.717) is 11.7 Å². The number of rotatable bonds is 5. The van der Waals surface area contributed by atoms with Gasteiger partial charge >= 0.3 is 0 Å². The Balaban J connectivity index is 1.93. The van der Waals surface area contributed by atoms with E-state index in [4.69, 9.17) is 0 Å². The molecule has 0 amide bonds. The molecule has 2 atom stereocenters. The summed E-state index contributed by atoms with van der Waals surface area (Å²) < 4.78 is 13.8. The van der Waals surface area contributed by atoms with Crippen molar-refractivity contribution >= 4 is 11.4 Å². The van der Waals surface area contributed by atoms with Crippen LogP contribution in [0.25, 0.3) is 0 Å². The number of nitrogens with zero attached hydrogens (tertiary/aromatic N) is 1. The summed E-state index contributed by atoms with van der Waals surface area (Å²) in [5.41, 5.74) is 0.0913. The molecule has 0 aliphatic carbocycles. The number of hydrogen-bond donors (Lipinski definition) is 2. The van der Waals surface area contributed by atoms with Crippen LogP contribution in [-0.4, -0.2) is 23.6 Å². The van der Waals surface area contributed by atoms with Gasteiger partial charge in [0.15, 0.2) is 5.82 Å². The minimum atomic E-state index is -0.595. The maximum atomic E-state index is 13.8. The zero-order valence-corrected chi connectivity index (χ0v) is 11.6. The number of nitro groups is 1. The quantitative estimate of drug-likeness (QED) is 0.643. The fourth-order valence-electron chi connectivity index (χ4n) is 2.61. The lowest BCUT2D eigenvalue weighted by Crippen LogP contribution is -2.37. The van der Waals surface area contributed by atoms with Gasteiger partial charge in [0, 0.05) is 18.2 Å². The number of nitro benzene ring substituents is 1. The Bertz CT molecular complexity index is 475. The Labute approximate surface area is 117 Å². The lowest BCUT2D eigenvalue weighted by atomic mass is 9.98. The third kappa shape index (κ3) is 3.90. The molecule has 20 heavy (non-hydrogen) atoms. The van der Waals surface area contributed by atoms with Crippen LogP contribution in [0.4, 0.5) is 15.8 Å². The van der Waals surface area contributed by atoms with Crippen molar-refractivity contribution in [1.82, 2.24) is 5.32 Å². The standard InChI is InChI=1S/C14H20FN3O2/c1-10(8-11-4-2-3-7-16-11)17-14-6-5-12(18(19)20)9-13(14)15/h5-6,9-11,16-17H,2-4,7-8H2,1H3. The number of non-ortho nitro benzene ring substituents is 1. The van der Waals surface area contributed by atoms with E-state index in [1.54, 1.807) is 0 Å². The van der Waals surface area contributed by atoms with E-state index in [1.165, 1.54) is 25.0 Å². The van der Waals surface area contributed by atoms with Crippen molar-refractivity contribution < 1.29 is 9.31 Å². The third-order valence-electron chi connectivity index (χ3n) is 3.62. The van der Waals surface area contributed by atoms with E-state index >= 15 is 0 Å². The van der Waals surface area contributed by atoms with E-state index in [9.17, 15) is 14.5 Å². The molecule has 0 bridgehead atoms. The van der Waals surface area contributed by atoms with Crippen molar-refractivity contribution in [3.63, 3.8) is 0 Å². The third-order valence-corrected chi connectivity index (χ3v) is 3.62. The van der Waals surface area contributed by atoms with Gasteiger partial charge in [-0.05, 0) is 38.8 Å². The highest BCUT2D eigenvalue weighted by Gasteiger charge is 2.17. The molecule has 1 saturated heterocycles. The highest BCUT2D eigenvalue weighted by atomic mass is 19.1. The highest BCUT2D eigenvalue weighted by molar-refractivity contribution is 5.50. The van der Waals surface area contributed by atoms with Gasteiger partial charge in [-0.15, -0.1) is 0 Å². The Morgan fingerprint density at radius 2 is 2.35 bits per heavy atom. The molecule has 2 unspecified atom stereocenters. The molecule has 5 nitrogen and oxygen atoms in total. The second-order valence-corrected chi connectivity index (χ2v) is 5.35. The number of halogens is 1. The van der Waals surface area contributed by atoms with Crippen LogP contribution < -0.4 is 10.6 Å². The molecule has 1 heterocycles. The molecule has 2 rings (SSSR count). The predicted molar refractivity (Wildman–Crippen MR) is 76.4 cm³/mol. The predicted octanol–water partition coefficient (Wildman–Crippen LogP) is 3.07. The maximum Gasteiger partial charge on any atom is 0.272 e. The van der Waals surface area contributed by atoms with Crippen molar-refractivity contribution in [3.05, 3.63) is 34.1 Å². The van der Waals surface area contributed by atoms with Crippen LogP contribution in [0.15, 0.2) is 18.2 Å². The molecule has 1 aromatic carbocycles. The van der Waals surface area contributed by atoms with Gasteiger partial charge < -0.3 is 10.6 Å². The average molecular weight is 281 g/mol. The summed E-state index contributed by atoms with van der Waals surface area (Å²) in [6.45, 7) is 3.04. The Kier molecular flexibility index (Phi) is 4.89. The second-order valence-electron chi connectivity index (χ2n) is 5.35.